The standard InChI is InChI=1S/C21H27N5O4/c1-14-18(15(2)30-24-14)21(28)26-10-8-25(9-11-26)19-17(6-3-7-22-19)20(27)23-13-16-5-4-12-29-16/h3,6-7,16H,4-5,8-13H2,1-2H3,(H,23,27). The highest BCUT2D eigenvalue weighted by Crippen LogP contribution is 2.21. The number of hydrogen-bond donors (Lipinski definition) is 1. The van der Waals surface area contributed by atoms with E-state index in [0.717, 1.165) is 19.4 Å². The average molecular weight is 413 g/mol. The molecule has 0 bridgehead atoms. The Morgan fingerprint density at radius 1 is 1.23 bits per heavy atom. The molecule has 9 nitrogen and oxygen atoms in total. The van der Waals surface area contributed by atoms with Crippen molar-refractivity contribution in [2.75, 3.05) is 44.2 Å². The molecule has 2 aromatic rings. The van der Waals surface area contributed by atoms with Crippen LogP contribution in [0.15, 0.2) is 22.9 Å². The molecule has 1 N–H and O–H groups in total. The summed E-state index contributed by atoms with van der Waals surface area (Å²) >= 11 is 0. The quantitative estimate of drug-likeness (QED) is 0.794. The van der Waals surface area contributed by atoms with Gasteiger partial charge in [-0.2, -0.15) is 0 Å². The Labute approximate surface area is 175 Å². The number of aryl methyl sites for hydroxylation is 2. The molecule has 2 aromatic heterocycles. The second-order valence-corrected chi connectivity index (χ2v) is 7.70. The van der Waals surface area contributed by atoms with Crippen molar-refractivity contribution in [1.82, 2.24) is 20.4 Å². The fraction of sp³-hybridized carbons (Fsp3) is 0.524. The Morgan fingerprint density at radius 3 is 2.70 bits per heavy atom. The number of amides is 2. The molecule has 1 atom stereocenters. The molecule has 160 valence electrons. The van der Waals surface area contributed by atoms with Crippen LogP contribution in [-0.4, -0.2) is 72.3 Å². The van der Waals surface area contributed by atoms with Gasteiger partial charge in [-0.15, -0.1) is 0 Å². The zero-order valence-electron chi connectivity index (χ0n) is 17.4. The van der Waals surface area contributed by atoms with E-state index in [4.69, 9.17) is 9.26 Å². The molecule has 0 saturated carbocycles. The van der Waals surface area contributed by atoms with E-state index in [1.54, 1.807) is 37.1 Å². The molecule has 4 heterocycles. The van der Waals surface area contributed by atoms with Gasteiger partial charge in [-0.3, -0.25) is 9.59 Å². The minimum absolute atomic E-state index is 0.0681. The fourth-order valence-electron chi connectivity index (χ4n) is 4.00. The van der Waals surface area contributed by atoms with E-state index >= 15 is 0 Å². The van der Waals surface area contributed by atoms with Crippen LogP contribution in [0.2, 0.25) is 0 Å². The number of hydrogen-bond acceptors (Lipinski definition) is 7. The van der Waals surface area contributed by atoms with Crippen LogP contribution >= 0.6 is 0 Å². The molecule has 1 unspecified atom stereocenters. The van der Waals surface area contributed by atoms with Crippen LogP contribution in [0.1, 0.15) is 45.0 Å². The fourth-order valence-corrected chi connectivity index (χ4v) is 4.00. The van der Waals surface area contributed by atoms with Gasteiger partial charge >= 0.3 is 0 Å². The number of rotatable bonds is 5. The van der Waals surface area contributed by atoms with Gasteiger partial charge in [0.1, 0.15) is 17.1 Å². The van der Waals surface area contributed by atoms with Gasteiger partial charge in [0.05, 0.1) is 17.4 Å². The number of ether oxygens (including phenoxy) is 1. The minimum atomic E-state index is -0.150. The van der Waals surface area contributed by atoms with Gasteiger partial charge < -0.3 is 24.4 Å². The smallest absolute Gasteiger partial charge is 0.259 e. The molecular weight excluding hydrogens is 386 g/mol. The van der Waals surface area contributed by atoms with Gasteiger partial charge in [-0.05, 0) is 38.8 Å². The highest BCUT2D eigenvalue weighted by Gasteiger charge is 2.28. The topological polar surface area (TPSA) is 101 Å². The molecule has 2 amide bonds. The summed E-state index contributed by atoms with van der Waals surface area (Å²) in [5.74, 6) is 0.964. The second-order valence-electron chi connectivity index (χ2n) is 7.70. The Morgan fingerprint density at radius 2 is 2.03 bits per heavy atom. The molecule has 2 fully saturated rings. The number of anilines is 1. The summed E-state index contributed by atoms with van der Waals surface area (Å²) < 4.78 is 10.7. The van der Waals surface area contributed by atoms with Gasteiger partial charge in [-0.25, -0.2) is 4.98 Å². The molecule has 9 heteroatoms. The first-order valence-electron chi connectivity index (χ1n) is 10.4. The number of carbonyl (C=O) groups is 2. The third-order valence-corrected chi connectivity index (χ3v) is 5.66. The lowest BCUT2D eigenvalue weighted by Gasteiger charge is -2.36. The minimum Gasteiger partial charge on any atom is -0.376 e. The largest absolute Gasteiger partial charge is 0.376 e. The molecule has 2 saturated heterocycles. The molecule has 0 radical (unpaired) electrons. The van der Waals surface area contributed by atoms with Crippen LogP contribution in [0, 0.1) is 13.8 Å². The third kappa shape index (κ3) is 4.16. The van der Waals surface area contributed by atoms with Crippen LogP contribution < -0.4 is 10.2 Å². The summed E-state index contributed by atoms with van der Waals surface area (Å²) in [5.41, 5.74) is 1.69. The Bertz CT molecular complexity index is 894. The summed E-state index contributed by atoms with van der Waals surface area (Å²) in [5, 5.41) is 6.84. The number of piperazine rings is 1. The highest BCUT2D eigenvalue weighted by molar-refractivity contribution is 5.99. The van der Waals surface area contributed by atoms with E-state index in [1.165, 1.54) is 0 Å². The summed E-state index contributed by atoms with van der Waals surface area (Å²) in [6.07, 6.45) is 3.79. The van der Waals surface area contributed by atoms with Crippen LogP contribution in [0.25, 0.3) is 0 Å². The summed E-state index contributed by atoms with van der Waals surface area (Å²) in [7, 11) is 0. The molecule has 2 aliphatic rings. The maximum absolute atomic E-state index is 12.8. The van der Waals surface area contributed by atoms with Gasteiger partial charge in [0.25, 0.3) is 11.8 Å². The highest BCUT2D eigenvalue weighted by atomic mass is 16.5. The molecule has 4 rings (SSSR count). The van der Waals surface area contributed by atoms with Crippen LogP contribution in [-0.2, 0) is 4.74 Å². The molecular formula is C21H27N5O4. The predicted molar refractivity (Wildman–Crippen MR) is 110 cm³/mol. The number of nitrogens with zero attached hydrogens (tertiary/aromatic N) is 4. The van der Waals surface area contributed by atoms with Crippen LogP contribution in [0.4, 0.5) is 5.82 Å². The third-order valence-electron chi connectivity index (χ3n) is 5.66. The van der Waals surface area contributed by atoms with Crippen molar-refractivity contribution in [3.63, 3.8) is 0 Å². The second kappa shape index (κ2) is 8.83. The Kier molecular flexibility index (Phi) is 5.98. The SMILES string of the molecule is Cc1noc(C)c1C(=O)N1CCN(c2ncccc2C(=O)NCC2CCCO2)CC1. The lowest BCUT2D eigenvalue weighted by atomic mass is 10.1. The molecule has 0 spiro atoms. The van der Waals surface area contributed by atoms with Crippen LogP contribution in [0.3, 0.4) is 0 Å². The van der Waals surface area contributed by atoms with E-state index in [9.17, 15) is 9.59 Å². The Hall–Kier alpha value is -2.94. The van der Waals surface area contributed by atoms with Crippen molar-refractivity contribution in [3.8, 4) is 0 Å². The predicted octanol–water partition coefficient (Wildman–Crippen LogP) is 1.56. The first kappa shape index (κ1) is 20.3. The van der Waals surface area contributed by atoms with Crippen molar-refractivity contribution in [2.24, 2.45) is 0 Å². The molecule has 2 aliphatic heterocycles. The maximum atomic E-state index is 12.8. The van der Waals surface area contributed by atoms with E-state index in [-0.39, 0.29) is 17.9 Å². The van der Waals surface area contributed by atoms with Gasteiger partial charge in [0.2, 0.25) is 0 Å². The van der Waals surface area contributed by atoms with E-state index < -0.39 is 0 Å². The normalized spacial score (nSPS) is 19.2. The van der Waals surface area contributed by atoms with Crippen molar-refractivity contribution < 1.29 is 18.8 Å². The lowest BCUT2D eigenvalue weighted by molar-refractivity contribution is 0.0743. The molecule has 0 aliphatic carbocycles. The zero-order chi connectivity index (χ0) is 21.1. The number of aromatic nitrogens is 2. The monoisotopic (exact) mass is 413 g/mol. The Balaban J connectivity index is 1.40. The van der Waals surface area contributed by atoms with Crippen LogP contribution in [0.5, 0.6) is 0 Å². The van der Waals surface area contributed by atoms with Crippen molar-refractivity contribution in [3.05, 3.63) is 40.9 Å². The summed E-state index contributed by atoms with van der Waals surface area (Å²) in [6.45, 7) is 7.06. The first-order chi connectivity index (χ1) is 14.5. The number of carbonyl (C=O) groups excluding carboxylic acids is 2. The van der Waals surface area contributed by atoms with E-state index in [2.05, 4.69) is 20.4 Å². The number of nitrogens with one attached hydrogen (secondary N) is 1. The van der Waals surface area contributed by atoms with E-state index in [1.807, 2.05) is 0 Å². The first-order valence-corrected chi connectivity index (χ1v) is 10.4. The van der Waals surface area contributed by atoms with Gasteiger partial charge in [0.15, 0.2) is 0 Å². The average Bonchev–Trinajstić information content (AvgIpc) is 3.41. The summed E-state index contributed by atoms with van der Waals surface area (Å²) in [4.78, 5) is 33.9. The van der Waals surface area contributed by atoms with Gasteiger partial charge in [-0.1, -0.05) is 5.16 Å². The zero-order valence-corrected chi connectivity index (χ0v) is 17.4. The maximum Gasteiger partial charge on any atom is 0.259 e. The molecule has 30 heavy (non-hydrogen) atoms. The lowest BCUT2D eigenvalue weighted by Crippen LogP contribution is -2.49. The molecule has 0 aromatic carbocycles. The van der Waals surface area contributed by atoms with Gasteiger partial charge in [0, 0.05) is 45.5 Å². The number of pyridine rings is 1. The summed E-state index contributed by atoms with van der Waals surface area (Å²) in [6, 6.07) is 3.55. The van der Waals surface area contributed by atoms with Crippen molar-refractivity contribution >= 4 is 17.6 Å². The van der Waals surface area contributed by atoms with E-state index in [0.29, 0.717) is 61.1 Å². The van der Waals surface area contributed by atoms with Crippen molar-refractivity contribution in [2.45, 2.75) is 32.8 Å². The van der Waals surface area contributed by atoms with Crippen molar-refractivity contribution in [1.29, 1.82) is 0 Å².